The molecule has 0 aliphatic carbocycles. The number of benzene rings is 2. The smallest absolute Gasteiger partial charge is 0.265 e. The highest BCUT2D eigenvalue weighted by Crippen LogP contribution is 2.40. The van der Waals surface area contributed by atoms with Gasteiger partial charge in [0.25, 0.3) is 10.0 Å². The van der Waals surface area contributed by atoms with Gasteiger partial charge in [-0.05, 0) is 76.1 Å². The van der Waals surface area contributed by atoms with Gasteiger partial charge in [0.2, 0.25) is 5.95 Å². The van der Waals surface area contributed by atoms with Crippen molar-refractivity contribution >= 4 is 33.0 Å². The number of aromatic nitrogens is 3. The van der Waals surface area contributed by atoms with Crippen LogP contribution in [0.25, 0.3) is 21.8 Å². The minimum absolute atomic E-state index is 0.0355. The first kappa shape index (κ1) is 30.9. The number of halogens is 3. The van der Waals surface area contributed by atoms with E-state index < -0.39 is 38.1 Å². The zero-order chi connectivity index (χ0) is 31.1. The number of thiazole rings is 1. The largest absolute Gasteiger partial charge is 0.351 e. The Morgan fingerprint density at radius 3 is 2.51 bits per heavy atom. The average molecular weight is 631 g/mol. The Labute approximate surface area is 253 Å². The summed E-state index contributed by atoms with van der Waals surface area (Å²) < 4.78 is 70.7. The molecule has 228 valence electrons. The molecule has 43 heavy (non-hydrogen) atoms. The zero-order valence-electron chi connectivity index (χ0n) is 24.4. The summed E-state index contributed by atoms with van der Waals surface area (Å²) in [6.07, 6.45) is 3.47. The SMILES string of the molecule is CC1CC(Nc2nccc(-c3sc(C(C)C)nc3-c3ccc(F)c(NS(=O)(=O)c4cc(F)ccc4F)c3)n2)CC(C)(C)N1. The lowest BCUT2D eigenvalue weighted by Crippen LogP contribution is -2.54. The molecule has 2 atom stereocenters. The van der Waals surface area contributed by atoms with Gasteiger partial charge in [-0.25, -0.2) is 36.5 Å². The lowest BCUT2D eigenvalue weighted by Gasteiger charge is -2.40. The van der Waals surface area contributed by atoms with Gasteiger partial charge >= 0.3 is 0 Å². The third-order valence-corrected chi connectivity index (χ3v) is 9.82. The molecular weight excluding hydrogens is 597 g/mol. The van der Waals surface area contributed by atoms with Crippen LogP contribution in [0.15, 0.2) is 53.6 Å². The molecule has 1 saturated heterocycles. The van der Waals surface area contributed by atoms with Crippen molar-refractivity contribution in [3.63, 3.8) is 0 Å². The second-order valence-corrected chi connectivity index (χ2v) is 14.4. The number of nitrogens with zero attached hydrogens (tertiary/aromatic N) is 3. The Bertz CT molecular complexity index is 1760. The number of anilines is 2. The van der Waals surface area contributed by atoms with Crippen LogP contribution in [0.3, 0.4) is 0 Å². The number of nitrogens with one attached hydrogen (secondary N) is 3. The molecule has 5 rings (SSSR count). The van der Waals surface area contributed by atoms with E-state index in [0.29, 0.717) is 46.0 Å². The van der Waals surface area contributed by atoms with E-state index in [1.54, 1.807) is 12.3 Å². The Balaban J connectivity index is 1.50. The van der Waals surface area contributed by atoms with E-state index in [0.717, 1.165) is 30.0 Å². The molecule has 0 bridgehead atoms. The lowest BCUT2D eigenvalue weighted by molar-refractivity contribution is 0.238. The maximum atomic E-state index is 14.9. The highest BCUT2D eigenvalue weighted by Gasteiger charge is 2.32. The van der Waals surface area contributed by atoms with Gasteiger partial charge in [-0.1, -0.05) is 13.8 Å². The van der Waals surface area contributed by atoms with Crippen LogP contribution in [0.2, 0.25) is 0 Å². The van der Waals surface area contributed by atoms with Crippen LogP contribution in [0.1, 0.15) is 58.4 Å². The molecule has 2 aromatic carbocycles. The van der Waals surface area contributed by atoms with Crippen LogP contribution in [-0.2, 0) is 10.0 Å². The van der Waals surface area contributed by atoms with Crippen molar-refractivity contribution in [1.29, 1.82) is 0 Å². The molecule has 0 saturated carbocycles. The zero-order valence-corrected chi connectivity index (χ0v) is 26.0. The van der Waals surface area contributed by atoms with E-state index in [1.807, 2.05) is 13.8 Å². The van der Waals surface area contributed by atoms with Gasteiger partial charge in [0.05, 0.1) is 27.0 Å². The summed E-state index contributed by atoms with van der Waals surface area (Å²) in [6.45, 7) is 10.5. The second-order valence-electron chi connectivity index (χ2n) is 11.7. The van der Waals surface area contributed by atoms with Gasteiger partial charge < -0.3 is 10.6 Å². The minimum atomic E-state index is -4.65. The van der Waals surface area contributed by atoms with Crippen LogP contribution < -0.4 is 15.4 Å². The molecular formula is C30H33F3N6O2S2. The van der Waals surface area contributed by atoms with Crippen molar-refractivity contribution in [3.05, 3.63) is 71.1 Å². The van der Waals surface area contributed by atoms with Crippen LogP contribution >= 0.6 is 11.3 Å². The highest BCUT2D eigenvalue weighted by molar-refractivity contribution is 7.92. The Morgan fingerprint density at radius 2 is 1.79 bits per heavy atom. The van der Waals surface area contributed by atoms with Crippen molar-refractivity contribution in [1.82, 2.24) is 20.3 Å². The quantitative estimate of drug-likeness (QED) is 0.194. The summed E-state index contributed by atoms with van der Waals surface area (Å²) in [6, 6.07) is 8.16. The number of hydrogen-bond donors (Lipinski definition) is 3. The Kier molecular flexibility index (Phi) is 8.52. The molecule has 4 aromatic rings. The number of sulfonamides is 1. The summed E-state index contributed by atoms with van der Waals surface area (Å²) in [5, 5.41) is 7.87. The van der Waals surface area contributed by atoms with Gasteiger partial charge in [0, 0.05) is 35.3 Å². The van der Waals surface area contributed by atoms with Gasteiger partial charge in [-0.2, -0.15) is 0 Å². The number of hydrogen-bond acceptors (Lipinski definition) is 8. The van der Waals surface area contributed by atoms with E-state index in [2.05, 4.69) is 41.1 Å². The normalized spacial score (nSPS) is 18.5. The van der Waals surface area contributed by atoms with Gasteiger partial charge in [-0.15, -0.1) is 11.3 Å². The minimum Gasteiger partial charge on any atom is -0.351 e. The third kappa shape index (κ3) is 7.00. The molecule has 0 spiro atoms. The Hall–Kier alpha value is -3.55. The van der Waals surface area contributed by atoms with Crippen LogP contribution in [0, 0.1) is 17.5 Å². The molecule has 8 nitrogen and oxygen atoms in total. The van der Waals surface area contributed by atoms with Gasteiger partial charge in [0.15, 0.2) is 0 Å². The van der Waals surface area contributed by atoms with Gasteiger partial charge in [-0.3, -0.25) is 4.72 Å². The van der Waals surface area contributed by atoms with E-state index in [9.17, 15) is 21.6 Å². The summed E-state index contributed by atoms with van der Waals surface area (Å²) in [4.78, 5) is 13.8. The predicted octanol–water partition coefficient (Wildman–Crippen LogP) is 6.94. The lowest BCUT2D eigenvalue weighted by atomic mass is 9.86. The summed E-state index contributed by atoms with van der Waals surface area (Å²) in [5.74, 6) is -2.45. The second kappa shape index (κ2) is 11.9. The first-order valence-corrected chi connectivity index (χ1v) is 16.2. The molecule has 2 unspecified atom stereocenters. The number of piperidine rings is 1. The predicted molar refractivity (Wildman–Crippen MR) is 163 cm³/mol. The van der Waals surface area contributed by atoms with Crippen molar-refractivity contribution in [3.8, 4) is 21.8 Å². The topological polar surface area (TPSA) is 109 Å². The fraction of sp³-hybridized carbons (Fsp3) is 0.367. The standard InChI is InChI=1S/C30H33F3N6O2S2/c1-16(2)28-37-26(18-6-8-21(32)24(13-18)39-43(40,41)25-14-19(31)7-9-22(25)33)27(42-28)23-10-11-34-29(36-23)35-20-12-17(3)38-30(4,5)15-20/h6-11,13-14,16-17,20,38-39H,12,15H2,1-5H3,(H,34,35,36). The van der Waals surface area contributed by atoms with E-state index in [-0.39, 0.29) is 17.5 Å². The van der Waals surface area contributed by atoms with Crippen molar-refractivity contribution < 1.29 is 21.6 Å². The molecule has 1 aliphatic rings. The molecule has 3 N–H and O–H groups in total. The molecule has 1 fully saturated rings. The van der Waals surface area contributed by atoms with Crippen molar-refractivity contribution in [2.45, 2.75) is 75.9 Å². The van der Waals surface area contributed by atoms with Crippen molar-refractivity contribution in [2.24, 2.45) is 0 Å². The van der Waals surface area contributed by atoms with Gasteiger partial charge in [0.1, 0.15) is 22.3 Å². The maximum absolute atomic E-state index is 14.9. The first-order valence-electron chi connectivity index (χ1n) is 13.9. The van der Waals surface area contributed by atoms with Crippen molar-refractivity contribution in [2.75, 3.05) is 10.0 Å². The van der Waals surface area contributed by atoms with E-state index >= 15 is 0 Å². The molecule has 13 heteroatoms. The molecule has 0 amide bonds. The Morgan fingerprint density at radius 1 is 1.05 bits per heavy atom. The third-order valence-electron chi connectivity index (χ3n) is 7.06. The van der Waals surface area contributed by atoms with Crippen LogP contribution in [0.4, 0.5) is 24.8 Å². The fourth-order valence-electron chi connectivity index (χ4n) is 5.34. The molecule has 3 heterocycles. The average Bonchev–Trinajstić information content (AvgIpc) is 3.36. The van der Waals surface area contributed by atoms with E-state index in [1.165, 1.54) is 23.5 Å². The summed E-state index contributed by atoms with van der Waals surface area (Å²) in [7, 11) is -4.65. The monoisotopic (exact) mass is 630 g/mol. The maximum Gasteiger partial charge on any atom is 0.265 e. The summed E-state index contributed by atoms with van der Waals surface area (Å²) >= 11 is 1.43. The fourth-order valence-corrected chi connectivity index (χ4v) is 7.55. The number of rotatable bonds is 8. The molecule has 1 aliphatic heterocycles. The first-order chi connectivity index (χ1) is 20.2. The molecule has 2 aromatic heterocycles. The van der Waals surface area contributed by atoms with Crippen LogP contribution in [0.5, 0.6) is 0 Å². The van der Waals surface area contributed by atoms with E-state index in [4.69, 9.17) is 9.97 Å². The summed E-state index contributed by atoms with van der Waals surface area (Å²) in [5.41, 5.74) is 1.03. The molecule has 0 radical (unpaired) electrons. The van der Waals surface area contributed by atoms with Crippen LogP contribution in [-0.4, -0.2) is 41.0 Å². The highest BCUT2D eigenvalue weighted by atomic mass is 32.2.